The van der Waals surface area contributed by atoms with Gasteiger partial charge in [-0.3, -0.25) is 4.79 Å². The van der Waals surface area contributed by atoms with Crippen molar-refractivity contribution >= 4 is 17.6 Å². The monoisotopic (exact) mass is 258 g/mol. The van der Waals surface area contributed by atoms with E-state index < -0.39 is 18.0 Å². The number of aliphatic hydroxyl groups is 1. The zero-order valence-electron chi connectivity index (χ0n) is 9.95. The highest BCUT2D eigenvalue weighted by atomic mass is 35.5. The molecule has 0 aromatic heterocycles. The molecule has 0 aliphatic carbocycles. The molecule has 0 aliphatic rings. The Morgan fingerprint density at radius 3 is 2.59 bits per heavy atom. The molecule has 4 nitrogen and oxygen atoms in total. The van der Waals surface area contributed by atoms with Crippen LogP contribution in [-0.4, -0.2) is 23.3 Å². The molecule has 5 heteroatoms. The van der Waals surface area contributed by atoms with Crippen LogP contribution in [0.5, 0.6) is 5.75 Å². The minimum atomic E-state index is -1.52. The van der Waals surface area contributed by atoms with Crippen LogP contribution >= 0.6 is 11.6 Å². The number of methoxy groups -OCH3 is 1. The summed E-state index contributed by atoms with van der Waals surface area (Å²) in [6.07, 6.45) is -0.414. The number of carboxylic acids is 1. The number of benzene rings is 1. The van der Waals surface area contributed by atoms with Crippen LogP contribution in [0.3, 0.4) is 0 Å². The topological polar surface area (TPSA) is 66.8 Å². The van der Waals surface area contributed by atoms with Gasteiger partial charge >= 0.3 is 5.97 Å². The first-order valence-corrected chi connectivity index (χ1v) is 5.44. The lowest BCUT2D eigenvalue weighted by Gasteiger charge is -2.25. The summed E-state index contributed by atoms with van der Waals surface area (Å²) in [5.41, 5.74) is -0.389. The molecule has 0 saturated carbocycles. The second kappa shape index (κ2) is 4.94. The van der Waals surface area contributed by atoms with Gasteiger partial charge in [0.15, 0.2) is 0 Å². The van der Waals surface area contributed by atoms with E-state index in [2.05, 4.69) is 0 Å². The van der Waals surface area contributed by atoms with E-state index in [-0.39, 0.29) is 0 Å². The molecule has 0 fully saturated rings. The minimum Gasteiger partial charge on any atom is -0.496 e. The summed E-state index contributed by atoms with van der Waals surface area (Å²) in [4.78, 5) is 10.7. The summed E-state index contributed by atoms with van der Waals surface area (Å²) < 4.78 is 5.19. The number of carbonyl (C=O) groups is 1. The van der Waals surface area contributed by atoms with Gasteiger partial charge in [-0.15, -0.1) is 0 Å². The van der Waals surface area contributed by atoms with Crippen LogP contribution < -0.4 is 4.74 Å². The van der Waals surface area contributed by atoms with E-state index >= 15 is 0 Å². The summed E-state index contributed by atoms with van der Waals surface area (Å²) in [6.45, 7) is 3.21. The first kappa shape index (κ1) is 13.8. The SMILES string of the molecule is COc1c(C)cc(Cl)cc1C(C)(O)CC(=O)O. The molecular weight excluding hydrogens is 244 g/mol. The summed E-state index contributed by atoms with van der Waals surface area (Å²) in [5.74, 6) is -0.629. The maximum Gasteiger partial charge on any atom is 0.306 e. The molecule has 1 aromatic rings. The van der Waals surface area contributed by atoms with Crippen LogP contribution in [0.15, 0.2) is 12.1 Å². The molecular formula is C12H15ClO4. The largest absolute Gasteiger partial charge is 0.496 e. The molecule has 17 heavy (non-hydrogen) atoms. The normalized spacial score (nSPS) is 14.2. The molecule has 0 spiro atoms. The number of rotatable bonds is 4. The van der Waals surface area contributed by atoms with Crippen molar-refractivity contribution in [3.63, 3.8) is 0 Å². The Morgan fingerprint density at radius 2 is 2.12 bits per heavy atom. The van der Waals surface area contributed by atoms with Gasteiger partial charge in [0.05, 0.1) is 13.5 Å². The van der Waals surface area contributed by atoms with Crippen LogP contribution in [0.2, 0.25) is 5.02 Å². The molecule has 1 unspecified atom stereocenters. The van der Waals surface area contributed by atoms with Crippen molar-refractivity contribution in [1.29, 1.82) is 0 Å². The number of hydrogen-bond donors (Lipinski definition) is 2. The number of aryl methyl sites for hydroxylation is 1. The molecule has 94 valence electrons. The van der Waals surface area contributed by atoms with Gasteiger partial charge in [-0.25, -0.2) is 0 Å². The van der Waals surface area contributed by atoms with Gasteiger partial charge in [0.1, 0.15) is 11.4 Å². The fourth-order valence-electron chi connectivity index (χ4n) is 1.79. The average molecular weight is 259 g/mol. The first-order valence-electron chi connectivity index (χ1n) is 5.06. The Bertz CT molecular complexity index is 440. The van der Waals surface area contributed by atoms with Crippen LogP contribution in [0.4, 0.5) is 0 Å². The predicted molar refractivity (Wildman–Crippen MR) is 64.6 cm³/mol. The number of ether oxygens (including phenoxy) is 1. The lowest BCUT2D eigenvalue weighted by molar-refractivity contribution is -0.142. The van der Waals surface area contributed by atoms with Gasteiger partial charge in [-0.05, 0) is 31.5 Å². The van der Waals surface area contributed by atoms with Crippen molar-refractivity contribution in [3.05, 3.63) is 28.3 Å². The highest BCUT2D eigenvalue weighted by Gasteiger charge is 2.30. The van der Waals surface area contributed by atoms with Gasteiger partial charge in [-0.2, -0.15) is 0 Å². The number of hydrogen-bond acceptors (Lipinski definition) is 3. The molecule has 1 aromatic carbocycles. The third-order valence-corrected chi connectivity index (χ3v) is 2.74. The highest BCUT2D eigenvalue weighted by molar-refractivity contribution is 6.30. The summed E-state index contributed by atoms with van der Waals surface area (Å²) in [5, 5.41) is 19.4. The van der Waals surface area contributed by atoms with Crippen molar-refractivity contribution in [1.82, 2.24) is 0 Å². The molecule has 0 saturated heterocycles. The van der Waals surface area contributed by atoms with Crippen LogP contribution in [0, 0.1) is 6.92 Å². The quantitative estimate of drug-likeness (QED) is 0.870. The van der Waals surface area contributed by atoms with E-state index in [0.717, 1.165) is 5.56 Å². The van der Waals surface area contributed by atoms with Gasteiger partial charge in [0, 0.05) is 10.6 Å². The number of carboxylic acid groups (broad SMARTS) is 1. The second-order valence-electron chi connectivity index (χ2n) is 4.15. The van der Waals surface area contributed by atoms with Crippen molar-refractivity contribution < 1.29 is 19.7 Å². The van der Waals surface area contributed by atoms with E-state index in [1.165, 1.54) is 20.1 Å². The van der Waals surface area contributed by atoms with Crippen molar-refractivity contribution in [2.45, 2.75) is 25.9 Å². The fourth-order valence-corrected chi connectivity index (χ4v) is 2.06. The van der Waals surface area contributed by atoms with Gasteiger partial charge in [-0.1, -0.05) is 11.6 Å². The Labute approximate surface area is 105 Å². The average Bonchev–Trinajstić information content (AvgIpc) is 2.14. The predicted octanol–water partition coefficient (Wildman–Crippen LogP) is 2.34. The minimum absolute atomic E-state index is 0.382. The number of halogens is 1. The Kier molecular flexibility index (Phi) is 4.01. The van der Waals surface area contributed by atoms with Crippen LogP contribution in [0.1, 0.15) is 24.5 Å². The lowest BCUT2D eigenvalue weighted by atomic mass is 9.90. The van der Waals surface area contributed by atoms with Gasteiger partial charge in [0.2, 0.25) is 0 Å². The molecule has 0 radical (unpaired) electrons. The molecule has 1 rings (SSSR count). The molecule has 2 N–H and O–H groups in total. The zero-order chi connectivity index (χ0) is 13.2. The van der Waals surface area contributed by atoms with Crippen molar-refractivity contribution in [3.8, 4) is 5.75 Å². The fraction of sp³-hybridized carbons (Fsp3) is 0.417. The molecule has 0 bridgehead atoms. The molecule has 0 aliphatic heterocycles. The Balaban J connectivity index is 3.33. The molecule has 0 heterocycles. The summed E-state index contributed by atoms with van der Waals surface area (Å²) in [6, 6.07) is 3.22. The lowest BCUT2D eigenvalue weighted by Crippen LogP contribution is -2.26. The summed E-state index contributed by atoms with van der Waals surface area (Å²) in [7, 11) is 1.47. The number of aliphatic carboxylic acids is 1. The van der Waals surface area contributed by atoms with Crippen LogP contribution in [0.25, 0.3) is 0 Å². The summed E-state index contributed by atoms with van der Waals surface area (Å²) >= 11 is 5.91. The van der Waals surface area contributed by atoms with Crippen molar-refractivity contribution in [2.24, 2.45) is 0 Å². The van der Waals surface area contributed by atoms with E-state index in [4.69, 9.17) is 21.4 Å². The van der Waals surface area contributed by atoms with Crippen LogP contribution in [-0.2, 0) is 10.4 Å². The third kappa shape index (κ3) is 3.11. The standard InChI is InChI=1S/C12H15ClO4/c1-7-4-8(13)5-9(11(7)17-3)12(2,16)6-10(14)15/h4-5,16H,6H2,1-3H3,(H,14,15). The van der Waals surface area contributed by atoms with Crippen molar-refractivity contribution in [2.75, 3.05) is 7.11 Å². The maximum absolute atomic E-state index is 10.7. The molecule has 1 atom stereocenters. The second-order valence-corrected chi connectivity index (χ2v) is 4.58. The van der Waals surface area contributed by atoms with E-state index in [1.807, 2.05) is 0 Å². The van der Waals surface area contributed by atoms with E-state index in [0.29, 0.717) is 16.3 Å². The highest BCUT2D eigenvalue weighted by Crippen LogP contribution is 2.36. The van der Waals surface area contributed by atoms with Gasteiger partial charge in [0.25, 0.3) is 0 Å². The zero-order valence-corrected chi connectivity index (χ0v) is 10.7. The third-order valence-electron chi connectivity index (χ3n) is 2.52. The Morgan fingerprint density at radius 1 is 1.53 bits per heavy atom. The first-order chi connectivity index (χ1) is 7.77. The smallest absolute Gasteiger partial charge is 0.306 e. The maximum atomic E-state index is 10.7. The Hall–Kier alpha value is -1.26. The van der Waals surface area contributed by atoms with E-state index in [1.54, 1.807) is 13.0 Å². The molecule has 0 amide bonds. The van der Waals surface area contributed by atoms with E-state index in [9.17, 15) is 9.90 Å². The van der Waals surface area contributed by atoms with Gasteiger partial charge < -0.3 is 14.9 Å².